The first-order chi connectivity index (χ1) is 8.15. The molecule has 0 fully saturated rings. The molecule has 0 bridgehead atoms. The zero-order valence-corrected chi connectivity index (χ0v) is 13.2. The highest BCUT2D eigenvalue weighted by Crippen LogP contribution is 2.17. The molecular formula is C11H7Br3N2O. The highest BCUT2D eigenvalue weighted by Gasteiger charge is 1.94. The smallest absolute Gasteiger partial charge is 0.169 e. The van der Waals surface area contributed by atoms with Crippen LogP contribution in [0.5, 0.6) is 0 Å². The third-order valence-corrected chi connectivity index (χ3v) is 4.09. The van der Waals surface area contributed by atoms with Gasteiger partial charge in [0.2, 0.25) is 0 Å². The summed E-state index contributed by atoms with van der Waals surface area (Å²) in [4.78, 5) is 17.9. The van der Waals surface area contributed by atoms with E-state index in [0.717, 1.165) is 13.5 Å². The zero-order chi connectivity index (χ0) is 12.7. The molecule has 88 valence electrons. The lowest BCUT2D eigenvalue weighted by atomic mass is 10.4. The lowest BCUT2D eigenvalue weighted by Gasteiger charge is -1.89. The molecule has 2 aromatic heterocycles. The first-order valence-corrected chi connectivity index (χ1v) is 6.84. The van der Waals surface area contributed by atoms with Crippen LogP contribution >= 0.6 is 47.8 Å². The van der Waals surface area contributed by atoms with Gasteiger partial charge in [0.05, 0.1) is 4.47 Å². The fraction of sp³-hybridized carbons (Fsp3) is 0. The predicted molar refractivity (Wildman–Crippen MR) is 77.0 cm³/mol. The van der Waals surface area contributed by atoms with Gasteiger partial charge in [-0.1, -0.05) is 0 Å². The van der Waals surface area contributed by atoms with Gasteiger partial charge < -0.3 is 0 Å². The molecule has 0 radical (unpaired) electrons. The molecule has 0 aliphatic carbocycles. The van der Waals surface area contributed by atoms with Crippen LogP contribution in [-0.4, -0.2) is 16.3 Å². The number of carbonyl (C=O) groups is 1. The summed E-state index contributed by atoms with van der Waals surface area (Å²) in [5.41, 5.74) is 0.442. The van der Waals surface area contributed by atoms with Crippen molar-refractivity contribution < 1.29 is 4.79 Å². The maximum absolute atomic E-state index is 10.1. The van der Waals surface area contributed by atoms with Crippen LogP contribution in [0.1, 0.15) is 10.5 Å². The second-order valence-corrected chi connectivity index (χ2v) is 5.22. The molecule has 0 N–H and O–H groups in total. The number of hydrogen-bond acceptors (Lipinski definition) is 3. The molecule has 0 unspecified atom stereocenters. The Balaban J connectivity index is 0.000000171. The largest absolute Gasteiger partial charge is 0.296 e. The van der Waals surface area contributed by atoms with Crippen molar-refractivity contribution in [3.05, 3.63) is 55.9 Å². The van der Waals surface area contributed by atoms with E-state index in [0.29, 0.717) is 12.0 Å². The van der Waals surface area contributed by atoms with Gasteiger partial charge in [-0.3, -0.25) is 9.78 Å². The van der Waals surface area contributed by atoms with Crippen molar-refractivity contribution in [2.45, 2.75) is 0 Å². The second kappa shape index (κ2) is 7.68. The molecule has 0 saturated carbocycles. The van der Waals surface area contributed by atoms with Crippen molar-refractivity contribution in [1.29, 1.82) is 0 Å². The maximum Gasteiger partial charge on any atom is 0.169 e. The highest BCUT2D eigenvalue weighted by atomic mass is 79.9. The summed E-state index contributed by atoms with van der Waals surface area (Å²) in [7, 11) is 0. The normalized spacial score (nSPS) is 9.12. The van der Waals surface area contributed by atoms with Crippen molar-refractivity contribution >= 4 is 54.1 Å². The van der Waals surface area contributed by atoms with E-state index in [1.165, 1.54) is 0 Å². The molecule has 0 aliphatic heterocycles. The monoisotopic (exact) mass is 420 g/mol. The van der Waals surface area contributed by atoms with Gasteiger partial charge in [0.15, 0.2) is 6.29 Å². The van der Waals surface area contributed by atoms with Crippen LogP contribution in [0.25, 0.3) is 0 Å². The lowest BCUT2D eigenvalue weighted by Crippen LogP contribution is -1.84. The summed E-state index contributed by atoms with van der Waals surface area (Å²) in [6.07, 6.45) is 4.02. The van der Waals surface area contributed by atoms with Crippen LogP contribution in [0.15, 0.2) is 50.2 Å². The maximum atomic E-state index is 10.1. The van der Waals surface area contributed by atoms with Gasteiger partial charge in [-0.15, -0.1) is 0 Å². The molecule has 0 saturated heterocycles. The van der Waals surface area contributed by atoms with E-state index in [4.69, 9.17) is 0 Å². The van der Waals surface area contributed by atoms with Crippen molar-refractivity contribution in [2.75, 3.05) is 0 Å². The van der Waals surface area contributed by atoms with E-state index in [2.05, 4.69) is 57.8 Å². The van der Waals surface area contributed by atoms with E-state index in [9.17, 15) is 4.79 Å². The van der Waals surface area contributed by atoms with Gasteiger partial charge >= 0.3 is 0 Å². The number of aldehydes is 1. The molecule has 2 aromatic rings. The summed E-state index contributed by atoms with van der Waals surface area (Å²) in [6.45, 7) is 0. The van der Waals surface area contributed by atoms with Gasteiger partial charge in [0, 0.05) is 16.9 Å². The van der Waals surface area contributed by atoms with Gasteiger partial charge in [-0.2, -0.15) is 0 Å². The lowest BCUT2D eigenvalue weighted by molar-refractivity contribution is 0.111. The van der Waals surface area contributed by atoms with Gasteiger partial charge in [-0.25, -0.2) is 4.98 Å². The topological polar surface area (TPSA) is 42.9 Å². The fourth-order valence-corrected chi connectivity index (χ4v) is 1.70. The zero-order valence-electron chi connectivity index (χ0n) is 8.48. The number of rotatable bonds is 1. The number of pyridine rings is 2. The van der Waals surface area contributed by atoms with Crippen molar-refractivity contribution in [3.63, 3.8) is 0 Å². The average molecular weight is 423 g/mol. The third kappa shape index (κ3) is 5.06. The molecule has 0 aromatic carbocycles. The van der Waals surface area contributed by atoms with Crippen LogP contribution in [0.2, 0.25) is 0 Å². The van der Waals surface area contributed by atoms with E-state index in [-0.39, 0.29) is 0 Å². The Bertz CT molecular complexity index is 485. The molecule has 3 nitrogen and oxygen atoms in total. The van der Waals surface area contributed by atoms with Crippen LogP contribution in [-0.2, 0) is 0 Å². The van der Waals surface area contributed by atoms with Crippen molar-refractivity contribution in [1.82, 2.24) is 9.97 Å². The Morgan fingerprint density at radius 1 is 0.941 bits per heavy atom. The molecular weight excluding hydrogens is 416 g/mol. The van der Waals surface area contributed by atoms with Crippen molar-refractivity contribution in [2.24, 2.45) is 0 Å². The van der Waals surface area contributed by atoms with Crippen LogP contribution in [0, 0.1) is 0 Å². The minimum absolute atomic E-state index is 0.442. The molecule has 0 aliphatic rings. The molecule has 0 spiro atoms. The summed E-state index contributed by atoms with van der Waals surface area (Å²) < 4.78 is 2.57. The van der Waals surface area contributed by atoms with E-state index in [1.807, 2.05) is 12.1 Å². The Morgan fingerprint density at radius 3 is 1.88 bits per heavy atom. The summed E-state index contributed by atoms with van der Waals surface area (Å²) >= 11 is 9.69. The minimum Gasteiger partial charge on any atom is -0.296 e. The third-order valence-electron chi connectivity index (χ3n) is 1.61. The molecule has 6 heteroatoms. The van der Waals surface area contributed by atoms with Crippen LogP contribution < -0.4 is 0 Å². The van der Waals surface area contributed by atoms with Crippen molar-refractivity contribution in [3.8, 4) is 0 Å². The van der Waals surface area contributed by atoms with Crippen LogP contribution in [0.3, 0.4) is 0 Å². The number of halogens is 3. The first-order valence-electron chi connectivity index (χ1n) is 4.47. The summed E-state index contributed by atoms with van der Waals surface area (Å²) in [5.74, 6) is 0. The molecule has 2 heterocycles. The van der Waals surface area contributed by atoms with E-state index >= 15 is 0 Å². The number of nitrogens with zero attached hydrogens (tertiary/aromatic N) is 2. The first kappa shape index (κ1) is 14.5. The minimum atomic E-state index is 0.442. The van der Waals surface area contributed by atoms with Gasteiger partial charge in [0.1, 0.15) is 10.3 Å². The van der Waals surface area contributed by atoms with E-state index in [1.54, 1.807) is 24.5 Å². The van der Waals surface area contributed by atoms with Crippen LogP contribution in [0.4, 0.5) is 0 Å². The molecule has 0 atom stereocenters. The summed E-state index contributed by atoms with van der Waals surface area (Å²) in [5, 5.41) is 0. The average Bonchev–Trinajstić information content (AvgIpc) is 2.34. The quantitative estimate of drug-likeness (QED) is 0.509. The Labute approximate surface area is 124 Å². The predicted octanol–water partition coefficient (Wildman–Crippen LogP) is 4.26. The Hall–Kier alpha value is -0.590. The summed E-state index contributed by atoms with van der Waals surface area (Å²) in [6, 6.07) is 7.33. The molecule has 17 heavy (non-hydrogen) atoms. The van der Waals surface area contributed by atoms with Gasteiger partial charge in [-0.05, 0) is 72.1 Å². The SMILES string of the molecule is Brc1cccnc1Br.O=Cc1ncccc1Br. The van der Waals surface area contributed by atoms with E-state index < -0.39 is 0 Å². The fourth-order valence-electron chi connectivity index (χ4n) is 0.851. The molecule has 0 amide bonds. The standard InChI is InChI=1S/C6H4BrNO.C5H3Br2N/c7-5-2-1-3-8-6(5)4-9;6-4-2-1-3-8-5(4)7/h1-4H;1-3H. The number of hydrogen-bond donors (Lipinski definition) is 0. The number of aromatic nitrogens is 2. The van der Waals surface area contributed by atoms with Gasteiger partial charge in [0.25, 0.3) is 0 Å². The Kier molecular flexibility index (Phi) is 6.54. The second-order valence-electron chi connectivity index (χ2n) is 2.76. The number of carbonyl (C=O) groups excluding carboxylic acids is 1. The molecule has 2 rings (SSSR count). The highest BCUT2D eigenvalue weighted by molar-refractivity contribution is 9.13. The Morgan fingerprint density at radius 2 is 1.53 bits per heavy atom.